The lowest BCUT2D eigenvalue weighted by molar-refractivity contribution is 0.0551. The van der Waals surface area contributed by atoms with E-state index in [1.807, 2.05) is 12.1 Å². The largest absolute Gasteiger partial charge is 0.493 e. The second kappa shape index (κ2) is 7.27. The molecule has 19 heavy (non-hydrogen) atoms. The van der Waals surface area contributed by atoms with Crippen LogP contribution in [0.1, 0.15) is 45.7 Å². The van der Waals surface area contributed by atoms with Crippen LogP contribution in [0.5, 0.6) is 5.75 Å². The molecule has 0 aromatic heterocycles. The Morgan fingerprint density at radius 2 is 2.11 bits per heavy atom. The highest BCUT2D eigenvalue weighted by molar-refractivity contribution is 9.10. The summed E-state index contributed by atoms with van der Waals surface area (Å²) in [7, 11) is 0. The maximum Gasteiger partial charge on any atom is 0.125 e. The highest BCUT2D eigenvalue weighted by Crippen LogP contribution is 2.29. The van der Waals surface area contributed by atoms with Gasteiger partial charge in [0.2, 0.25) is 0 Å². The summed E-state index contributed by atoms with van der Waals surface area (Å²) in [5.41, 5.74) is 0.445. The van der Waals surface area contributed by atoms with Gasteiger partial charge in [0.15, 0.2) is 0 Å². The lowest BCUT2D eigenvalue weighted by atomic mass is 10.1. The number of nitrogens with one attached hydrogen (secondary N) is 1. The van der Waals surface area contributed by atoms with Crippen molar-refractivity contribution in [3.8, 4) is 5.75 Å². The minimum atomic E-state index is -0.695. The third-order valence-corrected chi connectivity index (χ3v) is 3.42. The minimum absolute atomic E-state index is 0.246. The molecule has 0 aliphatic carbocycles. The molecule has 2 N–H and O–H groups in total. The van der Waals surface area contributed by atoms with Crippen LogP contribution in [0.2, 0.25) is 0 Å². The van der Waals surface area contributed by atoms with Crippen molar-refractivity contribution in [1.29, 1.82) is 0 Å². The van der Waals surface area contributed by atoms with E-state index in [2.05, 4.69) is 41.2 Å². The second-order valence-electron chi connectivity index (χ2n) is 5.37. The average molecular weight is 330 g/mol. The Labute approximate surface area is 124 Å². The molecule has 4 heteroatoms. The van der Waals surface area contributed by atoms with Crippen LogP contribution in [-0.4, -0.2) is 23.9 Å². The molecule has 1 unspecified atom stereocenters. The third kappa shape index (κ3) is 5.93. The van der Waals surface area contributed by atoms with Gasteiger partial charge in [-0.2, -0.15) is 0 Å². The molecule has 1 aromatic carbocycles. The van der Waals surface area contributed by atoms with Crippen LogP contribution in [0.25, 0.3) is 0 Å². The Balaban J connectivity index is 2.77. The summed E-state index contributed by atoms with van der Waals surface area (Å²) in [4.78, 5) is 0. The molecule has 0 aliphatic rings. The first kappa shape index (κ1) is 16.5. The molecule has 0 spiro atoms. The summed E-state index contributed by atoms with van der Waals surface area (Å²) in [6, 6.07) is 6.31. The quantitative estimate of drug-likeness (QED) is 0.802. The van der Waals surface area contributed by atoms with Gasteiger partial charge in [-0.1, -0.05) is 28.9 Å². The first-order valence-corrected chi connectivity index (χ1v) is 7.51. The molecule has 0 saturated carbocycles. The van der Waals surface area contributed by atoms with Crippen molar-refractivity contribution in [3.05, 3.63) is 28.2 Å². The zero-order valence-corrected chi connectivity index (χ0v) is 13.8. The highest BCUT2D eigenvalue weighted by Gasteiger charge is 2.15. The predicted octanol–water partition coefficient (Wildman–Crippen LogP) is 3.66. The Bertz CT molecular complexity index is 402. The normalized spacial score (nSPS) is 13.4. The van der Waals surface area contributed by atoms with E-state index in [0.29, 0.717) is 13.0 Å². The molecule has 0 fully saturated rings. The maximum absolute atomic E-state index is 9.71. The smallest absolute Gasteiger partial charge is 0.125 e. The molecular formula is C15H24BrNO2. The molecule has 0 radical (unpaired) electrons. The average Bonchev–Trinajstić information content (AvgIpc) is 2.27. The van der Waals surface area contributed by atoms with Gasteiger partial charge in [0.05, 0.1) is 12.2 Å². The van der Waals surface area contributed by atoms with Gasteiger partial charge in [0, 0.05) is 22.5 Å². The van der Waals surface area contributed by atoms with Crippen LogP contribution >= 0.6 is 15.9 Å². The summed E-state index contributed by atoms with van der Waals surface area (Å²) in [5, 5.41) is 13.1. The molecule has 1 rings (SSSR count). The fourth-order valence-electron chi connectivity index (χ4n) is 1.82. The van der Waals surface area contributed by atoms with Crippen molar-refractivity contribution >= 4 is 15.9 Å². The summed E-state index contributed by atoms with van der Waals surface area (Å²) < 4.78 is 6.83. The summed E-state index contributed by atoms with van der Waals surface area (Å²) in [5.74, 6) is 0.868. The molecule has 108 valence electrons. The lowest BCUT2D eigenvalue weighted by Gasteiger charge is -2.20. The van der Waals surface area contributed by atoms with Crippen LogP contribution < -0.4 is 10.1 Å². The van der Waals surface area contributed by atoms with Gasteiger partial charge in [0.25, 0.3) is 0 Å². The van der Waals surface area contributed by atoms with E-state index in [1.165, 1.54) is 0 Å². The molecule has 1 atom stereocenters. The summed E-state index contributed by atoms with van der Waals surface area (Å²) in [6.45, 7) is 9.21. The van der Waals surface area contributed by atoms with Crippen molar-refractivity contribution in [2.45, 2.75) is 45.8 Å². The van der Waals surface area contributed by atoms with Gasteiger partial charge >= 0.3 is 0 Å². The third-order valence-electron chi connectivity index (χ3n) is 2.92. The number of benzene rings is 1. The van der Waals surface area contributed by atoms with Gasteiger partial charge in [-0.05, 0) is 39.4 Å². The standard InChI is InChI=1S/C15H24BrNO2/c1-5-17-11(2)13-7-6-12(16)10-14(13)19-9-8-15(3,4)18/h6-7,10-11,17-18H,5,8-9H2,1-4H3. The lowest BCUT2D eigenvalue weighted by Crippen LogP contribution is -2.23. The second-order valence-corrected chi connectivity index (χ2v) is 6.29. The summed E-state index contributed by atoms with van der Waals surface area (Å²) in [6.07, 6.45) is 0.606. The summed E-state index contributed by atoms with van der Waals surface area (Å²) >= 11 is 3.47. The van der Waals surface area contributed by atoms with Crippen LogP contribution in [0.4, 0.5) is 0 Å². The van der Waals surface area contributed by atoms with Crippen LogP contribution in [0.15, 0.2) is 22.7 Å². The van der Waals surface area contributed by atoms with Crippen molar-refractivity contribution in [2.24, 2.45) is 0 Å². The van der Waals surface area contributed by atoms with Gasteiger partial charge in [-0.25, -0.2) is 0 Å². The molecular weight excluding hydrogens is 306 g/mol. The first-order valence-electron chi connectivity index (χ1n) is 6.71. The minimum Gasteiger partial charge on any atom is -0.493 e. The number of rotatable bonds is 7. The first-order chi connectivity index (χ1) is 8.83. The van der Waals surface area contributed by atoms with Crippen LogP contribution in [0.3, 0.4) is 0 Å². The predicted molar refractivity (Wildman–Crippen MR) is 82.6 cm³/mol. The van der Waals surface area contributed by atoms with Crippen molar-refractivity contribution in [3.63, 3.8) is 0 Å². The molecule has 1 aromatic rings. The number of hydrogen-bond donors (Lipinski definition) is 2. The fourth-order valence-corrected chi connectivity index (χ4v) is 2.16. The van der Waals surface area contributed by atoms with E-state index in [1.54, 1.807) is 13.8 Å². The molecule has 0 aliphatic heterocycles. The number of aliphatic hydroxyl groups is 1. The molecule has 0 amide bonds. The van der Waals surface area contributed by atoms with E-state index in [0.717, 1.165) is 22.3 Å². The monoisotopic (exact) mass is 329 g/mol. The fraction of sp³-hybridized carbons (Fsp3) is 0.600. The van der Waals surface area contributed by atoms with Gasteiger partial charge in [-0.3, -0.25) is 0 Å². The Hall–Kier alpha value is -0.580. The number of halogens is 1. The van der Waals surface area contributed by atoms with Crippen molar-refractivity contribution in [2.75, 3.05) is 13.2 Å². The van der Waals surface area contributed by atoms with E-state index in [4.69, 9.17) is 4.74 Å². The van der Waals surface area contributed by atoms with Crippen molar-refractivity contribution < 1.29 is 9.84 Å². The van der Waals surface area contributed by atoms with E-state index < -0.39 is 5.60 Å². The topological polar surface area (TPSA) is 41.5 Å². The van der Waals surface area contributed by atoms with E-state index in [9.17, 15) is 5.11 Å². The van der Waals surface area contributed by atoms with Crippen LogP contribution in [0, 0.1) is 0 Å². The van der Waals surface area contributed by atoms with E-state index >= 15 is 0 Å². The van der Waals surface area contributed by atoms with Crippen molar-refractivity contribution in [1.82, 2.24) is 5.32 Å². The van der Waals surface area contributed by atoms with Gasteiger partial charge in [-0.15, -0.1) is 0 Å². The SMILES string of the molecule is CCNC(C)c1ccc(Br)cc1OCCC(C)(C)O. The van der Waals surface area contributed by atoms with Gasteiger partial charge in [0.1, 0.15) is 5.75 Å². The highest BCUT2D eigenvalue weighted by atomic mass is 79.9. The number of hydrogen-bond acceptors (Lipinski definition) is 3. The zero-order chi connectivity index (χ0) is 14.5. The maximum atomic E-state index is 9.71. The zero-order valence-electron chi connectivity index (χ0n) is 12.2. The number of ether oxygens (including phenoxy) is 1. The Morgan fingerprint density at radius 3 is 2.68 bits per heavy atom. The Kier molecular flexibility index (Phi) is 6.30. The van der Waals surface area contributed by atoms with Gasteiger partial charge < -0.3 is 15.2 Å². The molecule has 3 nitrogen and oxygen atoms in total. The molecule has 0 bridgehead atoms. The molecule has 0 heterocycles. The molecule has 0 saturated heterocycles. The van der Waals surface area contributed by atoms with E-state index in [-0.39, 0.29) is 6.04 Å². The Morgan fingerprint density at radius 1 is 1.42 bits per heavy atom. The van der Waals surface area contributed by atoms with Crippen LogP contribution in [-0.2, 0) is 0 Å².